The molecule has 9 nitrogen and oxygen atoms in total. The summed E-state index contributed by atoms with van der Waals surface area (Å²) in [5.74, 6) is -0.205. The van der Waals surface area contributed by atoms with Gasteiger partial charge in [0.15, 0.2) is 0 Å². The molecule has 0 aromatic heterocycles. The molecule has 0 heterocycles. The van der Waals surface area contributed by atoms with Crippen molar-refractivity contribution >= 4 is 12.1 Å². The molecule has 0 unspecified atom stereocenters. The molecular formula is C24H45N3O6. The van der Waals surface area contributed by atoms with Crippen molar-refractivity contribution in [1.29, 1.82) is 5.26 Å². The Labute approximate surface area is 199 Å². The predicted octanol–water partition coefficient (Wildman–Crippen LogP) is 4.32. The van der Waals surface area contributed by atoms with Crippen LogP contribution in [0.2, 0.25) is 0 Å². The maximum Gasteiger partial charge on any atom is 0.407 e. The predicted molar refractivity (Wildman–Crippen MR) is 126 cm³/mol. The van der Waals surface area contributed by atoms with Crippen LogP contribution in [-0.2, 0) is 23.8 Å². The highest BCUT2D eigenvalue weighted by Crippen LogP contribution is 2.25. The number of amides is 1. The first-order chi connectivity index (χ1) is 15.3. The van der Waals surface area contributed by atoms with Crippen LogP contribution in [0.4, 0.5) is 4.79 Å². The largest absolute Gasteiger partial charge is 0.465 e. The summed E-state index contributed by atoms with van der Waals surface area (Å²) in [6.07, 6.45) is 5.51. The number of hydrogen-bond donors (Lipinski definition) is 2. The quantitative estimate of drug-likeness (QED) is 0.131. The smallest absolute Gasteiger partial charge is 0.407 e. The molecule has 0 aliphatic heterocycles. The van der Waals surface area contributed by atoms with Gasteiger partial charge in [-0.05, 0) is 36.5 Å². The zero-order valence-electron chi connectivity index (χ0n) is 21.7. The number of nitrogens with one attached hydrogen (secondary N) is 2. The van der Waals surface area contributed by atoms with Gasteiger partial charge in [-0.3, -0.25) is 4.79 Å². The summed E-state index contributed by atoms with van der Waals surface area (Å²) < 4.78 is 15.5. The number of hydrogen-bond acceptors (Lipinski definition) is 8. The SMILES string of the molecule is CNOCC(C)(C)COC(=O)CCCCC(C)(C)COC(=O)NCCC(C)(C)CCOC#N. The fourth-order valence-electron chi connectivity index (χ4n) is 2.92. The van der Waals surface area contributed by atoms with Crippen molar-refractivity contribution in [2.75, 3.05) is 40.0 Å². The molecule has 2 N–H and O–H groups in total. The number of rotatable bonds is 18. The zero-order chi connectivity index (χ0) is 25.4. The summed E-state index contributed by atoms with van der Waals surface area (Å²) >= 11 is 0. The second kappa shape index (κ2) is 15.7. The minimum absolute atomic E-state index is 0.0409. The topological polar surface area (TPSA) is 119 Å². The van der Waals surface area contributed by atoms with Crippen LogP contribution in [0.5, 0.6) is 0 Å². The van der Waals surface area contributed by atoms with Gasteiger partial charge < -0.3 is 24.4 Å². The van der Waals surface area contributed by atoms with E-state index in [1.165, 1.54) is 0 Å². The molecule has 0 aliphatic rings. The van der Waals surface area contributed by atoms with Crippen LogP contribution in [0.3, 0.4) is 0 Å². The average Bonchev–Trinajstić information content (AvgIpc) is 2.72. The lowest BCUT2D eigenvalue weighted by Gasteiger charge is -2.25. The summed E-state index contributed by atoms with van der Waals surface area (Å²) in [7, 11) is 1.69. The molecule has 0 aliphatic carbocycles. The number of hydroxylamine groups is 1. The highest BCUT2D eigenvalue weighted by atomic mass is 16.6. The van der Waals surface area contributed by atoms with Gasteiger partial charge in [-0.2, -0.15) is 5.26 Å². The number of carbonyl (C=O) groups excluding carboxylic acids is 2. The van der Waals surface area contributed by atoms with Gasteiger partial charge in [-0.15, -0.1) is 0 Å². The number of unbranched alkanes of at least 4 members (excludes halogenated alkanes) is 1. The second-order valence-corrected chi connectivity index (χ2v) is 10.8. The Hall–Kier alpha value is -2.05. The lowest BCUT2D eigenvalue weighted by molar-refractivity contribution is -0.148. The molecule has 33 heavy (non-hydrogen) atoms. The standard InChI is InChI=1S/C24H45N3O6/c1-22(2,13-15-30-19-25)12-14-27-21(29)32-16-23(3,4)11-9-8-10-20(28)31-17-24(5,6)18-33-26-7/h26H,8-18H2,1-7H3,(H,27,29). The van der Waals surface area contributed by atoms with E-state index in [0.717, 1.165) is 32.1 Å². The lowest BCUT2D eigenvalue weighted by atomic mass is 9.86. The number of nitriles is 1. The molecular weight excluding hydrogens is 426 g/mol. The van der Waals surface area contributed by atoms with Crippen molar-refractivity contribution in [3.8, 4) is 6.26 Å². The van der Waals surface area contributed by atoms with Crippen LogP contribution in [0, 0.1) is 27.8 Å². The number of alkyl carbamates (subject to hydrolysis) is 1. The van der Waals surface area contributed by atoms with Crippen LogP contribution in [0.15, 0.2) is 0 Å². The van der Waals surface area contributed by atoms with Crippen LogP contribution in [-0.4, -0.2) is 52.1 Å². The molecule has 1 amide bonds. The molecule has 0 saturated carbocycles. The Kier molecular flexibility index (Phi) is 14.8. The third-order valence-corrected chi connectivity index (χ3v) is 5.33. The fourth-order valence-corrected chi connectivity index (χ4v) is 2.92. The van der Waals surface area contributed by atoms with Gasteiger partial charge in [0.1, 0.15) is 6.61 Å². The van der Waals surface area contributed by atoms with Gasteiger partial charge in [-0.1, -0.05) is 48.0 Å². The highest BCUT2D eigenvalue weighted by molar-refractivity contribution is 5.69. The first-order valence-corrected chi connectivity index (χ1v) is 11.7. The molecule has 0 spiro atoms. The molecule has 0 aromatic rings. The van der Waals surface area contributed by atoms with Gasteiger partial charge in [-0.25, -0.2) is 10.3 Å². The molecule has 192 valence electrons. The van der Waals surface area contributed by atoms with E-state index >= 15 is 0 Å². The molecule has 0 rings (SSSR count). The Morgan fingerprint density at radius 3 is 2.15 bits per heavy atom. The molecule has 0 bridgehead atoms. The van der Waals surface area contributed by atoms with Gasteiger partial charge in [0.2, 0.25) is 0 Å². The minimum Gasteiger partial charge on any atom is -0.465 e. The third-order valence-electron chi connectivity index (χ3n) is 5.33. The lowest BCUT2D eigenvalue weighted by Crippen LogP contribution is -2.32. The van der Waals surface area contributed by atoms with E-state index in [0.29, 0.717) is 39.4 Å². The van der Waals surface area contributed by atoms with E-state index in [9.17, 15) is 9.59 Å². The normalized spacial score (nSPS) is 12.1. The van der Waals surface area contributed by atoms with Crippen LogP contribution in [0.1, 0.15) is 80.1 Å². The Bertz CT molecular complexity index is 614. The van der Waals surface area contributed by atoms with Crippen molar-refractivity contribution in [3.05, 3.63) is 0 Å². The zero-order valence-corrected chi connectivity index (χ0v) is 21.7. The fraction of sp³-hybridized carbons (Fsp3) is 0.875. The highest BCUT2D eigenvalue weighted by Gasteiger charge is 2.23. The Morgan fingerprint density at radius 2 is 1.52 bits per heavy atom. The van der Waals surface area contributed by atoms with Crippen molar-refractivity contribution in [3.63, 3.8) is 0 Å². The number of carbonyl (C=O) groups is 2. The summed E-state index contributed by atoms with van der Waals surface area (Å²) in [6.45, 7) is 14.1. The number of nitrogens with zero attached hydrogens (tertiary/aromatic N) is 1. The van der Waals surface area contributed by atoms with Crippen molar-refractivity contribution in [1.82, 2.24) is 10.8 Å². The van der Waals surface area contributed by atoms with Crippen LogP contribution in [0.25, 0.3) is 0 Å². The summed E-state index contributed by atoms with van der Waals surface area (Å²) in [6, 6.07) is 0. The molecule has 0 saturated heterocycles. The van der Waals surface area contributed by atoms with Gasteiger partial charge in [0, 0.05) is 25.4 Å². The van der Waals surface area contributed by atoms with E-state index in [2.05, 4.69) is 24.6 Å². The van der Waals surface area contributed by atoms with Crippen molar-refractivity contribution < 1.29 is 28.6 Å². The molecule has 0 fully saturated rings. The number of ether oxygens (including phenoxy) is 3. The summed E-state index contributed by atoms with van der Waals surface area (Å²) in [4.78, 5) is 29.1. The Morgan fingerprint density at radius 1 is 0.848 bits per heavy atom. The van der Waals surface area contributed by atoms with E-state index in [1.807, 2.05) is 27.7 Å². The van der Waals surface area contributed by atoms with Crippen LogP contribution < -0.4 is 10.8 Å². The van der Waals surface area contributed by atoms with Crippen molar-refractivity contribution in [2.45, 2.75) is 80.1 Å². The third kappa shape index (κ3) is 18.1. The summed E-state index contributed by atoms with van der Waals surface area (Å²) in [5.41, 5.74) is 2.15. The maximum atomic E-state index is 12.0. The first kappa shape index (κ1) is 30.9. The summed E-state index contributed by atoms with van der Waals surface area (Å²) in [5, 5.41) is 11.2. The molecule has 9 heteroatoms. The maximum absolute atomic E-state index is 12.0. The van der Waals surface area contributed by atoms with E-state index in [4.69, 9.17) is 24.3 Å². The van der Waals surface area contributed by atoms with Crippen LogP contribution >= 0.6 is 0 Å². The number of esters is 1. The first-order valence-electron chi connectivity index (χ1n) is 11.7. The second-order valence-electron chi connectivity index (χ2n) is 10.8. The molecule has 0 atom stereocenters. The molecule has 0 aromatic carbocycles. The Balaban J connectivity index is 4.00. The molecule has 0 radical (unpaired) electrons. The van der Waals surface area contributed by atoms with E-state index in [1.54, 1.807) is 13.3 Å². The van der Waals surface area contributed by atoms with Crippen molar-refractivity contribution in [2.24, 2.45) is 16.2 Å². The van der Waals surface area contributed by atoms with Gasteiger partial charge >= 0.3 is 12.1 Å². The van der Waals surface area contributed by atoms with Gasteiger partial charge in [0.05, 0.1) is 19.8 Å². The van der Waals surface area contributed by atoms with Gasteiger partial charge in [0.25, 0.3) is 6.26 Å². The monoisotopic (exact) mass is 471 g/mol. The van der Waals surface area contributed by atoms with E-state index < -0.39 is 6.09 Å². The minimum atomic E-state index is -0.430. The average molecular weight is 472 g/mol. The van der Waals surface area contributed by atoms with E-state index in [-0.39, 0.29) is 22.2 Å².